The Morgan fingerprint density at radius 2 is 1.54 bits per heavy atom. The highest BCUT2D eigenvalue weighted by Crippen LogP contribution is 2.27. The molecule has 4 nitrogen and oxygen atoms in total. The third kappa shape index (κ3) is 4.01. The topological polar surface area (TPSA) is 32.8 Å². The van der Waals surface area contributed by atoms with Gasteiger partial charge in [-0.05, 0) is 48.9 Å². The molecule has 0 N–H and O–H groups in total. The molecule has 3 aromatic carbocycles. The number of anilines is 1. The number of amides is 1. The molecule has 1 aliphatic rings. The fourth-order valence-electron chi connectivity index (χ4n) is 3.51. The molecule has 3 aromatic rings. The van der Waals surface area contributed by atoms with Crippen LogP contribution in [0.15, 0.2) is 78.9 Å². The molecule has 0 aromatic heterocycles. The first-order valence-electron chi connectivity index (χ1n) is 9.63. The van der Waals surface area contributed by atoms with E-state index in [1.165, 1.54) is 11.3 Å². The monoisotopic (exact) mass is 372 g/mol. The van der Waals surface area contributed by atoms with Crippen molar-refractivity contribution in [3.8, 4) is 11.5 Å². The van der Waals surface area contributed by atoms with E-state index in [0.29, 0.717) is 24.4 Å². The Balaban J connectivity index is 1.46. The SMILES string of the molecule is Cc1cccc(N2CCN(C(=O)c3ccccc3Oc3ccccc3)CC2)c1. The fourth-order valence-corrected chi connectivity index (χ4v) is 3.51. The normalized spacial score (nSPS) is 14.0. The van der Waals surface area contributed by atoms with Crippen LogP contribution in [0.25, 0.3) is 0 Å². The zero-order chi connectivity index (χ0) is 19.3. The van der Waals surface area contributed by atoms with Crippen LogP contribution in [-0.2, 0) is 0 Å². The van der Waals surface area contributed by atoms with E-state index in [1.807, 2.05) is 59.5 Å². The van der Waals surface area contributed by atoms with Gasteiger partial charge >= 0.3 is 0 Å². The van der Waals surface area contributed by atoms with Crippen LogP contribution < -0.4 is 9.64 Å². The molecule has 4 rings (SSSR count). The van der Waals surface area contributed by atoms with Crippen molar-refractivity contribution in [2.45, 2.75) is 6.92 Å². The molecule has 0 unspecified atom stereocenters. The molecule has 0 aliphatic carbocycles. The van der Waals surface area contributed by atoms with Gasteiger partial charge in [0.2, 0.25) is 0 Å². The Hall–Kier alpha value is -3.27. The van der Waals surface area contributed by atoms with Crippen molar-refractivity contribution in [1.82, 2.24) is 4.90 Å². The second-order valence-corrected chi connectivity index (χ2v) is 7.03. The number of benzene rings is 3. The summed E-state index contributed by atoms with van der Waals surface area (Å²) in [7, 11) is 0. The minimum atomic E-state index is 0.0235. The summed E-state index contributed by atoms with van der Waals surface area (Å²) in [4.78, 5) is 17.4. The smallest absolute Gasteiger partial charge is 0.257 e. The van der Waals surface area contributed by atoms with E-state index in [1.54, 1.807) is 0 Å². The lowest BCUT2D eigenvalue weighted by Gasteiger charge is -2.36. The van der Waals surface area contributed by atoms with Gasteiger partial charge in [0, 0.05) is 31.9 Å². The molecule has 0 spiro atoms. The number of piperazine rings is 1. The second-order valence-electron chi connectivity index (χ2n) is 7.03. The Morgan fingerprint density at radius 1 is 0.821 bits per heavy atom. The standard InChI is InChI=1S/C24H24N2O2/c1-19-8-7-9-20(18-19)25-14-16-26(17-15-25)24(27)22-12-5-6-13-23(22)28-21-10-3-2-4-11-21/h2-13,18H,14-17H2,1H3. The summed E-state index contributed by atoms with van der Waals surface area (Å²) >= 11 is 0. The maximum atomic E-state index is 13.1. The summed E-state index contributed by atoms with van der Waals surface area (Å²) in [6, 6.07) is 25.5. The highest BCUT2D eigenvalue weighted by Gasteiger charge is 2.24. The quantitative estimate of drug-likeness (QED) is 0.663. The zero-order valence-electron chi connectivity index (χ0n) is 16.0. The van der Waals surface area contributed by atoms with Crippen LogP contribution in [0.1, 0.15) is 15.9 Å². The fraction of sp³-hybridized carbons (Fsp3) is 0.208. The van der Waals surface area contributed by atoms with Crippen LogP contribution in [0.2, 0.25) is 0 Å². The molecule has 28 heavy (non-hydrogen) atoms. The largest absolute Gasteiger partial charge is 0.457 e. The molecule has 1 fully saturated rings. The van der Waals surface area contributed by atoms with Crippen molar-refractivity contribution < 1.29 is 9.53 Å². The number of rotatable bonds is 4. The van der Waals surface area contributed by atoms with Gasteiger partial charge in [-0.15, -0.1) is 0 Å². The Morgan fingerprint density at radius 3 is 2.29 bits per heavy atom. The van der Waals surface area contributed by atoms with Crippen LogP contribution in [0, 0.1) is 6.92 Å². The molecule has 0 atom stereocenters. The summed E-state index contributed by atoms with van der Waals surface area (Å²) in [5.74, 6) is 1.35. The number of hydrogen-bond acceptors (Lipinski definition) is 3. The van der Waals surface area contributed by atoms with Gasteiger partial charge in [0.15, 0.2) is 0 Å². The summed E-state index contributed by atoms with van der Waals surface area (Å²) in [5, 5.41) is 0. The molecule has 1 aliphatic heterocycles. The van der Waals surface area contributed by atoms with Gasteiger partial charge < -0.3 is 14.5 Å². The predicted octanol–water partition coefficient (Wildman–Crippen LogP) is 4.75. The van der Waals surface area contributed by atoms with Crippen molar-refractivity contribution in [3.05, 3.63) is 90.0 Å². The molecular weight excluding hydrogens is 348 g/mol. The lowest BCUT2D eigenvalue weighted by molar-refractivity contribution is 0.0744. The van der Waals surface area contributed by atoms with Crippen LogP contribution in [0.5, 0.6) is 11.5 Å². The summed E-state index contributed by atoms with van der Waals surface area (Å²) in [5.41, 5.74) is 3.08. The molecule has 0 radical (unpaired) electrons. The van der Waals surface area contributed by atoms with E-state index < -0.39 is 0 Å². The average molecular weight is 372 g/mol. The Labute approximate surface area is 166 Å². The van der Waals surface area contributed by atoms with Crippen LogP contribution in [0.4, 0.5) is 5.69 Å². The predicted molar refractivity (Wildman–Crippen MR) is 112 cm³/mol. The van der Waals surface area contributed by atoms with Crippen LogP contribution >= 0.6 is 0 Å². The van der Waals surface area contributed by atoms with E-state index in [0.717, 1.165) is 18.8 Å². The first kappa shape index (κ1) is 18.1. The molecule has 1 heterocycles. The van der Waals surface area contributed by atoms with E-state index in [9.17, 15) is 4.79 Å². The van der Waals surface area contributed by atoms with Crippen molar-refractivity contribution in [3.63, 3.8) is 0 Å². The molecule has 0 bridgehead atoms. The number of carbonyl (C=O) groups is 1. The maximum absolute atomic E-state index is 13.1. The maximum Gasteiger partial charge on any atom is 0.257 e. The first-order chi connectivity index (χ1) is 13.7. The average Bonchev–Trinajstić information content (AvgIpc) is 2.74. The molecule has 1 saturated heterocycles. The molecule has 142 valence electrons. The van der Waals surface area contributed by atoms with Crippen molar-refractivity contribution in [2.24, 2.45) is 0 Å². The number of para-hydroxylation sites is 2. The Kier molecular flexibility index (Phi) is 5.29. The number of aryl methyl sites for hydroxylation is 1. The van der Waals surface area contributed by atoms with Crippen molar-refractivity contribution in [1.29, 1.82) is 0 Å². The van der Waals surface area contributed by atoms with E-state index >= 15 is 0 Å². The minimum absolute atomic E-state index is 0.0235. The first-order valence-corrected chi connectivity index (χ1v) is 9.63. The van der Waals surface area contributed by atoms with E-state index in [2.05, 4.69) is 36.1 Å². The molecule has 0 saturated carbocycles. The molecule has 1 amide bonds. The number of ether oxygens (including phenoxy) is 1. The van der Waals surface area contributed by atoms with Gasteiger partial charge in [-0.25, -0.2) is 0 Å². The third-order valence-electron chi connectivity index (χ3n) is 5.02. The minimum Gasteiger partial charge on any atom is -0.457 e. The van der Waals surface area contributed by atoms with Gasteiger partial charge in [-0.2, -0.15) is 0 Å². The van der Waals surface area contributed by atoms with Gasteiger partial charge in [-0.1, -0.05) is 42.5 Å². The van der Waals surface area contributed by atoms with Gasteiger partial charge in [0.25, 0.3) is 5.91 Å². The number of nitrogens with zero attached hydrogens (tertiary/aromatic N) is 2. The summed E-state index contributed by atoms with van der Waals surface area (Å²) < 4.78 is 5.97. The lowest BCUT2D eigenvalue weighted by Crippen LogP contribution is -2.48. The van der Waals surface area contributed by atoms with Gasteiger partial charge in [0.05, 0.1) is 5.56 Å². The zero-order valence-corrected chi connectivity index (χ0v) is 16.0. The lowest BCUT2D eigenvalue weighted by atomic mass is 10.1. The molecule has 4 heteroatoms. The Bertz CT molecular complexity index is 948. The van der Waals surface area contributed by atoms with Crippen molar-refractivity contribution >= 4 is 11.6 Å². The van der Waals surface area contributed by atoms with E-state index in [4.69, 9.17) is 4.74 Å². The third-order valence-corrected chi connectivity index (χ3v) is 5.02. The van der Waals surface area contributed by atoms with Crippen LogP contribution in [-0.4, -0.2) is 37.0 Å². The number of hydrogen-bond donors (Lipinski definition) is 0. The number of carbonyl (C=O) groups excluding carboxylic acids is 1. The highest BCUT2D eigenvalue weighted by atomic mass is 16.5. The highest BCUT2D eigenvalue weighted by molar-refractivity contribution is 5.97. The van der Waals surface area contributed by atoms with Gasteiger partial charge in [0.1, 0.15) is 11.5 Å². The second kappa shape index (κ2) is 8.17. The summed E-state index contributed by atoms with van der Waals surface area (Å²) in [6.07, 6.45) is 0. The summed E-state index contributed by atoms with van der Waals surface area (Å²) in [6.45, 7) is 5.17. The van der Waals surface area contributed by atoms with Crippen LogP contribution in [0.3, 0.4) is 0 Å². The molecular formula is C24H24N2O2. The van der Waals surface area contributed by atoms with E-state index in [-0.39, 0.29) is 5.91 Å². The van der Waals surface area contributed by atoms with Crippen molar-refractivity contribution in [2.75, 3.05) is 31.1 Å². The van der Waals surface area contributed by atoms with Gasteiger partial charge in [-0.3, -0.25) is 4.79 Å².